The molecule has 1 aliphatic rings. The van der Waals surface area contributed by atoms with Gasteiger partial charge in [0.15, 0.2) is 6.54 Å². The molecule has 1 aromatic carbocycles. The molecule has 0 spiro atoms. The number of nitrogens with zero attached hydrogens (tertiary/aromatic N) is 2. The van der Waals surface area contributed by atoms with Gasteiger partial charge in [0.05, 0.1) is 12.6 Å². The number of rotatable bonds is 10. The zero-order valence-electron chi connectivity index (χ0n) is 15.5. The Kier molecular flexibility index (Phi) is 10.0. The van der Waals surface area contributed by atoms with Crippen molar-refractivity contribution in [2.75, 3.05) is 47.5 Å². The third kappa shape index (κ3) is 6.80. The molecule has 1 aliphatic heterocycles. The van der Waals surface area contributed by atoms with Crippen LogP contribution in [-0.2, 0) is 29.4 Å². The summed E-state index contributed by atoms with van der Waals surface area (Å²) >= 11 is 0. The highest BCUT2D eigenvalue weighted by molar-refractivity contribution is 6.60. The van der Waals surface area contributed by atoms with Crippen molar-refractivity contribution in [1.29, 1.82) is 0 Å². The average molecular weight is 447 g/mol. The summed E-state index contributed by atoms with van der Waals surface area (Å²) in [5, 5.41) is 0. The first-order valence-corrected chi connectivity index (χ1v) is 10.2. The number of halogens is 1. The minimum Gasteiger partial charge on any atom is -1.00 e. The second kappa shape index (κ2) is 11.5. The summed E-state index contributed by atoms with van der Waals surface area (Å²) in [6, 6.07) is 10.4. The number of hydrogen-bond acceptors (Lipinski definition) is 6. The van der Waals surface area contributed by atoms with Crippen LogP contribution in [0, 0.1) is 0 Å². The number of carbonyl (C=O) groups excluding carboxylic acids is 1. The van der Waals surface area contributed by atoms with Crippen molar-refractivity contribution in [1.82, 2.24) is 4.90 Å². The van der Waals surface area contributed by atoms with Gasteiger partial charge in [-0.15, -0.1) is 0 Å². The van der Waals surface area contributed by atoms with E-state index in [0.717, 1.165) is 25.2 Å². The molecule has 0 unspecified atom stereocenters. The Labute approximate surface area is 166 Å². The normalized spacial score (nSPS) is 14.0. The molecule has 0 amide bonds. The Bertz CT molecular complexity index is 576. The maximum absolute atomic E-state index is 12.0. The maximum Gasteiger partial charge on any atom is 0.504 e. The van der Waals surface area contributed by atoms with Gasteiger partial charge in [0.2, 0.25) is 6.34 Å². The summed E-state index contributed by atoms with van der Waals surface area (Å²) < 4.78 is 23.6. The van der Waals surface area contributed by atoms with Crippen LogP contribution in [0.3, 0.4) is 0 Å². The van der Waals surface area contributed by atoms with Crippen LogP contribution in [0.4, 0.5) is 0 Å². The van der Waals surface area contributed by atoms with Gasteiger partial charge in [0.25, 0.3) is 0 Å². The molecular weight excluding hydrogens is 420 g/mol. The zero-order chi connectivity index (χ0) is 18.1. The molecule has 7 nitrogen and oxygen atoms in total. The highest BCUT2D eigenvalue weighted by atomic mass is 79.9. The Balaban J connectivity index is 0.00000338. The summed E-state index contributed by atoms with van der Waals surface area (Å²) in [7, 11) is 2.28. The van der Waals surface area contributed by atoms with E-state index in [9.17, 15) is 4.79 Å². The predicted molar refractivity (Wildman–Crippen MR) is 95.5 cm³/mol. The fraction of sp³-hybridized carbons (Fsp3) is 0.529. The lowest BCUT2D eigenvalue weighted by atomic mass is 10.2. The van der Waals surface area contributed by atoms with Crippen LogP contribution < -0.4 is 17.0 Å². The highest BCUT2D eigenvalue weighted by Gasteiger charge is 2.39. The largest absolute Gasteiger partial charge is 1.00 e. The number of hydrogen-bond donors (Lipinski definition) is 0. The van der Waals surface area contributed by atoms with Crippen molar-refractivity contribution in [2.24, 2.45) is 0 Å². The maximum atomic E-state index is 12.0. The number of ether oxygens (including phenoxy) is 1. The molecule has 26 heavy (non-hydrogen) atoms. The monoisotopic (exact) mass is 446 g/mol. The van der Waals surface area contributed by atoms with Crippen molar-refractivity contribution < 1.29 is 44.4 Å². The molecule has 0 N–H and O–H groups in total. The van der Waals surface area contributed by atoms with E-state index in [1.54, 1.807) is 21.3 Å². The molecule has 0 fully saturated rings. The van der Waals surface area contributed by atoms with E-state index in [4.69, 9.17) is 18.0 Å². The average Bonchev–Trinajstić information content (AvgIpc) is 3.10. The molecule has 0 saturated heterocycles. The van der Waals surface area contributed by atoms with Gasteiger partial charge in [0, 0.05) is 21.3 Å². The quantitative estimate of drug-likeness (QED) is 0.234. The first-order chi connectivity index (χ1) is 12.1. The van der Waals surface area contributed by atoms with Gasteiger partial charge in [-0.3, -0.25) is 9.48 Å². The number of esters is 1. The fourth-order valence-corrected chi connectivity index (χ4v) is 4.35. The van der Waals surface area contributed by atoms with Crippen LogP contribution in [0.1, 0.15) is 5.56 Å². The van der Waals surface area contributed by atoms with Crippen molar-refractivity contribution in [2.45, 2.75) is 12.7 Å². The van der Waals surface area contributed by atoms with Crippen LogP contribution in [-0.4, -0.2) is 78.1 Å². The van der Waals surface area contributed by atoms with Gasteiger partial charge in [-0.1, -0.05) is 30.3 Å². The molecule has 146 valence electrons. The third-order valence-corrected chi connectivity index (χ3v) is 6.92. The Morgan fingerprint density at radius 1 is 1.15 bits per heavy atom. The second-order valence-corrected chi connectivity index (χ2v) is 8.90. The molecule has 2 rings (SSSR count). The fourth-order valence-electron chi connectivity index (χ4n) is 2.68. The first kappa shape index (κ1) is 22.8. The van der Waals surface area contributed by atoms with E-state index in [2.05, 4.69) is 4.90 Å². The van der Waals surface area contributed by atoms with Crippen LogP contribution in [0.15, 0.2) is 30.3 Å². The lowest BCUT2D eigenvalue weighted by Gasteiger charge is -2.24. The smallest absolute Gasteiger partial charge is 0.504 e. The Morgan fingerprint density at radius 3 is 2.42 bits per heavy atom. The van der Waals surface area contributed by atoms with Gasteiger partial charge >= 0.3 is 14.8 Å². The standard InChI is InChI=1S/C17H27N2O5Si.BrH/c1-21-25(22-2,23-3)12-11-18-9-10-19(15-18)13-17(20)24-14-16-7-5-4-6-8-16;/h4-8,15H,9-14H2,1-3H3;1H/q+1;/p-1. The van der Waals surface area contributed by atoms with Crippen LogP contribution in [0.5, 0.6) is 0 Å². The van der Waals surface area contributed by atoms with E-state index >= 15 is 0 Å². The molecule has 9 heteroatoms. The lowest BCUT2D eigenvalue weighted by Crippen LogP contribution is -3.00. The van der Waals surface area contributed by atoms with E-state index in [1.807, 2.05) is 41.2 Å². The summed E-state index contributed by atoms with van der Waals surface area (Å²) in [5.41, 5.74) is 0.989. The van der Waals surface area contributed by atoms with Gasteiger partial charge in [-0.25, -0.2) is 4.79 Å². The van der Waals surface area contributed by atoms with Crippen molar-refractivity contribution in [3.63, 3.8) is 0 Å². The molecule has 0 aromatic heterocycles. The van der Waals surface area contributed by atoms with Crippen molar-refractivity contribution >= 4 is 21.1 Å². The minimum atomic E-state index is -2.56. The van der Waals surface area contributed by atoms with E-state index in [1.165, 1.54) is 0 Å². The second-order valence-electron chi connectivity index (χ2n) is 5.81. The number of carbonyl (C=O) groups is 1. The predicted octanol–water partition coefficient (Wildman–Crippen LogP) is -2.03. The van der Waals surface area contributed by atoms with Crippen LogP contribution in [0.25, 0.3) is 0 Å². The molecule has 0 radical (unpaired) electrons. The highest BCUT2D eigenvalue weighted by Crippen LogP contribution is 2.13. The van der Waals surface area contributed by atoms with Gasteiger partial charge < -0.3 is 35.0 Å². The molecule has 1 aromatic rings. The molecule has 1 heterocycles. The third-order valence-electron chi connectivity index (χ3n) is 4.21. The number of benzene rings is 1. The van der Waals surface area contributed by atoms with Crippen molar-refractivity contribution in [3.8, 4) is 0 Å². The van der Waals surface area contributed by atoms with Gasteiger partial charge in [-0.2, -0.15) is 0 Å². The molecule has 0 aliphatic carbocycles. The van der Waals surface area contributed by atoms with E-state index < -0.39 is 8.80 Å². The van der Waals surface area contributed by atoms with E-state index in [-0.39, 0.29) is 29.5 Å². The topological polar surface area (TPSA) is 60.2 Å². The summed E-state index contributed by atoms with van der Waals surface area (Å²) in [6.45, 7) is 2.97. The molecule has 0 saturated carbocycles. The lowest BCUT2D eigenvalue weighted by molar-refractivity contribution is -0.504. The minimum absolute atomic E-state index is 0. The van der Waals surface area contributed by atoms with Crippen molar-refractivity contribution in [3.05, 3.63) is 35.9 Å². The van der Waals surface area contributed by atoms with Gasteiger partial charge in [-0.05, 0) is 5.56 Å². The van der Waals surface area contributed by atoms with E-state index in [0.29, 0.717) is 12.7 Å². The molecular formula is C17H27BrN2O5Si. The Hall–Kier alpha value is -1.26. The summed E-state index contributed by atoms with van der Waals surface area (Å²) in [5.74, 6) is -0.226. The SMILES string of the molecule is CO[Si](CCN1C=[N+](CC(=O)OCc2ccccc2)CC1)(OC)OC.[Br-]. The zero-order valence-corrected chi connectivity index (χ0v) is 18.1. The summed E-state index contributed by atoms with van der Waals surface area (Å²) in [6.07, 6.45) is 1.96. The summed E-state index contributed by atoms with van der Waals surface area (Å²) in [4.78, 5) is 14.1. The molecule has 0 bridgehead atoms. The van der Waals surface area contributed by atoms with Crippen LogP contribution >= 0.6 is 0 Å². The van der Waals surface area contributed by atoms with Gasteiger partial charge in [0.1, 0.15) is 19.7 Å². The van der Waals surface area contributed by atoms with Crippen LogP contribution in [0.2, 0.25) is 6.04 Å². The Morgan fingerprint density at radius 2 is 1.81 bits per heavy atom. The molecule has 0 atom stereocenters. The first-order valence-electron chi connectivity index (χ1n) is 8.29.